The van der Waals surface area contributed by atoms with Crippen LogP contribution in [0.1, 0.15) is 43.4 Å². The third kappa shape index (κ3) is 4.07. The van der Waals surface area contributed by atoms with E-state index >= 15 is 0 Å². The molecule has 0 unspecified atom stereocenters. The van der Waals surface area contributed by atoms with Crippen molar-refractivity contribution in [3.05, 3.63) is 47.4 Å². The number of nitrogens with zero attached hydrogens (tertiary/aromatic N) is 2. The van der Waals surface area contributed by atoms with Gasteiger partial charge in [0.25, 0.3) is 0 Å². The monoisotopic (exact) mass is 328 g/mol. The van der Waals surface area contributed by atoms with Crippen LogP contribution >= 0.6 is 0 Å². The van der Waals surface area contributed by atoms with Crippen molar-refractivity contribution < 1.29 is 4.39 Å². The number of hydrogen-bond donors (Lipinski definition) is 0. The first-order chi connectivity index (χ1) is 11.6. The maximum Gasteiger partial charge on any atom is 0.123 e. The second kappa shape index (κ2) is 7.98. The Hall–Kier alpha value is -1.61. The lowest BCUT2D eigenvalue weighted by molar-refractivity contribution is 0.385. The van der Waals surface area contributed by atoms with Gasteiger partial charge in [-0.2, -0.15) is 0 Å². The normalized spacial score (nSPS) is 15.2. The van der Waals surface area contributed by atoms with Crippen LogP contribution < -0.4 is 0 Å². The molecule has 1 aliphatic carbocycles. The average molecular weight is 328 g/mol. The van der Waals surface area contributed by atoms with E-state index in [1.807, 2.05) is 12.1 Å². The Kier molecular flexibility index (Phi) is 5.72. The van der Waals surface area contributed by atoms with Crippen molar-refractivity contribution in [2.24, 2.45) is 0 Å². The molecule has 1 aliphatic rings. The fraction of sp³-hybridized carbons (Fsp3) is 0.524. The predicted molar refractivity (Wildman–Crippen MR) is 98.9 cm³/mol. The molecule has 0 radical (unpaired) electrons. The van der Waals surface area contributed by atoms with Crippen molar-refractivity contribution in [3.63, 3.8) is 0 Å². The van der Waals surface area contributed by atoms with E-state index < -0.39 is 0 Å². The van der Waals surface area contributed by atoms with Crippen molar-refractivity contribution in [2.45, 2.75) is 51.5 Å². The maximum absolute atomic E-state index is 13.3. The third-order valence-electron chi connectivity index (χ3n) is 5.03. The zero-order valence-corrected chi connectivity index (χ0v) is 15.0. The topological polar surface area (TPSA) is 8.17 Å². The molecule has 0 atom stereocenters. The van der Waals surface area contributed by atoms with Gasteiger partial charge in [0.1, 0.15) is 5.82 Å². The van der Waals surface area contributed by atoms with Crippen molar-refractivity contribution in [1.29, 1.82) is 0 Å². The number of benzene rings is 1. The molecule has 2 aromatic rings. The Bertz CT molecular complexity index is 655. The minimum Gasteiger partial charge on any atom is -0.344 e. The van der Waals surface area contributed by atoms with Gasteiger partial charge >= 0.3 is 0 Å². The lowest BCUT2D eigenvalue weighted by Crippen LogP contribution is -2.16. The molecule has 3 rings (SSSR count). The van der Waals surface area contributed by atoms with E-state index in [1.54, 1.807) is 12.1 Å². The number of fused-ring (bicyclic) bond motifs is 1. The molecule has 2 nitrogen and oxygen atoms in total. The summed E-state index contributed by atoms with van der Waals surface area (Å²) in [6, 6.07) is 9.35. The summed E-state index contributed by atoms with van der Waals surface area (Å²) in [5.74, 6) is -0.164. The molecular formula is C21H29FN2. The first kappa shape index (κ1) is 17.2. The number of aryl methyl sites for hydroxylation is 1. The smallest absolute Gasteiger partial charge is 0.123 e. The Morgan fingerprint density at radius 3 is 2.42 bits per heavy atom. The maximum atomic E-state index is 13.3. The standard InChI is InChI=1S/C21H29FN2/c1-23(2)14-7-15-24-20-9-6-4-3-5-8-18(20)16-21(24)17-10-12-19(22)13-11-17/h10-13,16H,3-9,14-15H2,1-2H3. The quantitative estimate of drug-likeness (QED) is 0.757. The van der Waals surface area contributed by atoms with Gasteiger partial charge in [-0.25, -0.2) is 4.39 Å². The second-order valence-electron chi connectivity index (χ2n) is 7.23. The van der Waals surface area contributed by atoms with Gasteiger partial charge in [-0.05, 0) is 94.2 Å². The minimum atomic E-state index is -0.164. The van der Waals surface area contributed by atoms with Crippen LogP contribution in [0.3, 0.4) is 0 Å². The second-order valence-corrected chi connectivity index (χ2v) is 7.23. The van der Waals surface area contributed by atoms with E-state index in [0.717, 1.165) is 25.1 Å². The summed E-state index contributed by atoms with van der Waals surface area (Å²) in [4.78, 5) is 2.24. The molecule has 1 aromatic heterocycles. The Morgan fingerprint density at radius 1 is 1.00 bits per heavy atom. The number of aromatic nitrogens is 1. The van der Waals surface area contributed by atoms with Crippen LogP contribution in [0.25, 0.3) is 11.3 Å². The largest absolute Gasteiger partial charge is 0.344 e. The van der Waals surface area contributed by atoms with Crippen molar-refractivity contribution >= 4 is 0 Å². The molecule has 0 aliphatic heterocycles. The highest BCUT2D eigenvalue weighted by Crippen LogP contribution is 2.30. The summed E-state index contributed by atoms with van der Waals surface area (Å²) < 4.78 is 15.8. The molecule has 24 heavy (non-hydrogen) atoms. The van der Waals surface area contributed by atoms with Crippen LogP contribution in [-0.4, -0.2) is 30.1 Å². The van der Waals surface area contributed by atoms with Crippen LogP contribution in [0.4, 0.5) is 4.39 Å². The van der Waals surface area contributed by atoms with Crippen LogP contribution in [-0.2, 0) is 19.4 Å². The first-order valence-electron chi connectivity index (χ1n) is 9.27. The van der Waals surface area contributed by atoms with Gasteiger partial charge in [0.05, 0.1) is 0 Å². The van der Waals surface area contributed by atoms with Crippen LogP contribution in [0.2, 0.25) is 0 Å². The average Bonchev–Trinajstić information content (AvgIpc) is 2.85. The van der Waals surface area contributed by atoms with Crippen molar-refractivity contribution in [3.8, 4) is 11.3 Å². The van der Waals surface area contributed by atoms with Gasteiger partial charge in [-0.1, -0.05) is 12.8 Å². The van der Waals surface area contributed by atoms with Crippen LogP contribution in [0.15, 0.2) is 30.3 Å². The molecule has 0 amide bonds. The molecule has 0 bridgehead atoms. The molecular weight excluding hydrogens is 299 g/mol. The molecule has 3 heteroatoms. The molecule has 0 saturated carbocycles. The highest BCUT2D eigenvalue weighted by atomic mass is 19.1. The molecule has 1 aromatic carbocycles. The highest BCUT2D eigenvalue weighted by molar-refractivity contribution is 5.62. The molecule has 0 N–H and O–H groups in total. The summed E-state index contributed by atoms with van der Waals surface area (Å²) >= 11 is 0. The fourth-order valence-electron chi connectivity index (χ4n) is 3.78. The molecule has 0 saturated heterocycles. The predicted octanol–water partition coefficient (Wildman–Crippen LogP) is 4.90. The summed E-state index contributed by atoms with van der Waals surface area (Å²) in [5.41, 5.74) is 5.43. The Morgan fingerprint density at radius 2 is 1.71 bits per heavy atom. The van der Waals surface area contributed by atoms with Crippen LogP contribution in [0.5, 0.6) is 0 Å². The van der Waals surface area contributed by atoms with Gasteiger partial charge < -0.3 is 9.47 Å². The van der Waals surface area contributed by atoms with E-state index in [2.05, 4.69) is 29.6 Å². The molecule has 1 heterocycles. The van der Waals surface area contributed by atoms with Crippen molar-refractivity contribution in [2.75, 3.05) is 20.6 Å². The number of hydrogen-bond acceptors (Lipinski definition) is 1. The number of halogens is 1. The van der Waals surface area contributed by atoms with E-state index in [-0.39, 0.29) is 5.82 Å². The Labute approximate surface area is 145 Å². The van der Waals surface area contributed by atoms with Gasteiger partial charge in [0.2, 0.25) is 0 Å². The minimum absolute atomic E-state index is 0.164. The lowest BCUT2D eigenvalue weighted by Gasteiger charge is -2.17. The van der Waals surface area contributed by atoms with E-state index in [4.69, 9.17) is 0 Å². The zero-order chi connectivity index (χ0) is 16.9. The first-order valence-corrected chi connectivity index (χ1v) is 9.27. The Balaban J connectivity index is 1.95. The summed E-state index contributed by atoms with van der Waals surface area (Å²) in [7, 11) is 4.25. The third-order valence-corrected chi connectivity index (χ3v) is 5.03. The van der Waals surface area contributed by atoms with Gasteiger partial charge in [0, 0.05) is 17.9 Å². The van der Waals surface area contributed by atoms with Gasteiger partial charge in [0.15, 0.2) is 0 Å². The molecule has 0 fully saturated rings. The molecule has 130 valence electrons. The highest BCUT2D eigenvalue weighted by Gasteiger charge is 2.17. The van der Waals surface area contributed by atoms with E-state index in [9.17, 15) is 4.39 Å². The van der Waals surface area contributed by atoms with Gasteiger partial charge in [-0.3, -0.25) is 0 Å². The SMILES string of the molecule is CN(C)CCCn1c(-c2ccc(F)cc2)cc2c1CCCCCC2. The van der Waals surface area contributed by atoms with E-state index in [0.29, 0.717) is 0 Å². The summed E-state index contributed by atoms with van der Waals surface area (Å²) in [6.07, 6.45) is 8.77. The summed E-state index contributed by atoms with van der Waals surface area (Å²) in [5, 5.41) is 0. The van der Waals surface area contributed by atoms with Gasteiger partial charge in [-0.15, -0.1) is 0 Å². The zero-order valence-electron chi connectivity index (χ0n) is 15.0. The number of rotatable bonds is 5. The van der Waals surface area contributed by atoms with Crippen molar-refractivity contribution in [1.82, 2.24) is 9.47 Å². The molecule has 0 spiro atoms. The fourth-order valence-corrected chi connectivity index (χ4v) is 3.78. The van der Waals surface area contributed by atoms with Crippen LogP contribution in [0, 0.1) is 5.82 Å². The lowest BCUT2D eigenvalue weighted by atomic mass is 9.98. The van der Waals surface area contributed by atoms with E-state index in [1.165, 1.54) is 55.5 Å². The summed E-state index contributed by atoms with van der Waals surface area (Å²) in [6.45, 7) is 2.13.